The average Bonchev–Trinajstić information content (AvgIpc) is 2.50. The number of rotatable bonds is 4. The van der Waals surface area contributed by atoms with Crippen LogP contribution in [0, 0.1) is 22.9 Å². The summed E-state index contributed by atoms with van der Waals surface area (Å²) in [5.41, 5.74) is -0.203. The van der Waals surface area contributed by atoms with Crippen molar-refractivity contribution in [2.75, 3.05) is 7.11 Å². The molecule has 0 fully saturated rings. The summed E-state index contributed by atoms with van der Waals surface area (Å²) in [5.74, 6) is -0.653. The van der Waals surface area contributed by atoms with Gasteiger partial charge in [-0.1, -0.05) is 0 Å². The Morgan fingerprint density at radius 3 is 2.41 bits per heavy atom. The number of carbonyl (C=O) groups excluding carboxylic acids is 1. The lowest BCUT2D eigenvalue weighted by atomic mass is 10.1. The van der Waals surface area contributed by atoms with Gasteiger partial charge in [-0.2, -0.15) is 0 Å². The van der Waals surface area contributed by atoms with Gasteiger partial charge in [0, 0.05) is 12.1 Å². The SMILES string of the molecule is COC(=O)c1cc(Oc2ccc(F)c(C)c2)ccc1[N+](=O)[O-]. The number of aryl methyl sites for hydroxylation is 1. The van der Waals surface area contributed by atoms with Gasteiger partial charge in [0.25, 0.3) is 5.69 Å². The molecule has 0 bridgehead atoms. The predicted molar refractivity (Wildman–Crippen MR) is 75.6 cm³/mol. The molecule has 0 atom stereocenters. The fourth-order valence-corrected chi connectivity index (χ4v) is 1.83. The fraction of sp³-hybridized carbons (Fsp3) is 0.133. The third kappa shape index (κ3) is 3.20. The molecule has 0 aliphatic rings. The fourth-order valence-electron chi connectivity index (χ4n) is 1.83. The number of hydrogen-bond acceptors (Lipinski definition) is 5. The monoisotopic (exact) mass is 305 g/mol. The highest BCUT2D eigenvalue weighted by atomic mass is 19.1. The summed E-state index contributed by atoms with van der Waals surface area (Å²) in [6.45, 7) is 1.58. The lowest BCUT2D eigenvalue weighted by Crippen LogP contribution is -2.05. The maximum atomic E-state index is 13.2. The molecule has 0 aliphatic carbocycles. The molecule has 2 rings (SSSR count). The highest BCUT2D eigenvalue weighted by Crippen LogP contribution is 2.29. The normalized spacial score (nSPS) is 10.1. The van der Waals surface area contributed by atoms with Crippen LogP contribution in [0.1, 0.15) is 15.9 Å². The van der Waals surface area contributed by atoms with E-state index in [1.807, 2.05) is 0 Å². The van der Waals surface area contributed by atoms with Crippen molar-refractivity contribution in [2.45, 2.75) is 6.92 Å². The van der Waals surface area contributed by atoms with E-state index < -0.39 is 10.9 Å². The molecular weight excluding hydrogens is 293 g/mol. The van der Waals surface area contributed by atoms with Gasteiger partial charge in [-0.05, 0) is 36.8 Å². The van der Waals surface area contributed by atoms with Crippen LogP contribution in [0.15, 0.2) is 36.4 Å². The summed E-state index contributed by atoms with van der Waals surface area (Å²) in [7, 11) is 1.13. The summed E-state index contributed by atoms with van der Waals surface area (Å²) >= 11 is 0. The Morgan fingerprint density at radius 2 is 1.82 bits per heavy atom. The number of nitrogens with zero attached hydrogens (tertiary/aromatic N) is 1. The third-order valence-corrected chi connectivity index (χ3v) is 2.94. The summed E-state index contributed by atoms with van der Waals surface area (Å²) in [5, 5.41) is 10.9. The molecule has 0 aliphatic heterocycles. The second-order valence-electron chi connectivity index (χ2n) is 4.44. The smallest absolute Gasteiger partial charge is 0.345 e. The largest absolute Gasteiger partial charge is 0.465 e. The average molecular weight is 305 g/mol. The molecule has 0 aromatic heterocycles. The maximum absolute atomic E-state index is 13.2. The molecule has 0 radical (unpaired) electrons. The van der Waals surface area contributed by atoms with Crippen molar-refractivity contribution in [3.05, 3.63) is 63.5 Å². The van der Waals surface area contributed by atoms with E-state index >= 15 is 0 Å². The van der Waals surface area contributed by atoms with Gasteiger partial charge in [0.2, 0.25) is 0 Å². The van der Waals surface area contributed by atoms with Crippen molar-refractivity contribution < 1.29 is 23.6 Å². The van der Waals surface area contributed by atoms with Crippen molar-refractivity contribution in [1.82, 2.24) is 0 Å². The van der Waals surface area contributed by atoms with E-state index in [9.17, 15) is 19.3 Å². The first-order valence-electron chi connectivity index (χ1n) is 6.23. The minimum absolute atomic E-state index is 0.206. The standard InChI is InChI=1S/C15H12FNO5/c1-9-7-10(3-5-13(9)16)22-11-4-6-14(17(19)20)12(8-11)15(18)21-2/h3-8H,1-2H3. The summed E-state index contributed by atoms with van der Waals surface area (Å²) < 4.78 is 23.2. The molecule has 0 spiro atoms. The number of nitro groups is 1. The highest BCUT2D eigenvalue weighted by Gasteiger charge is 2.21. The van der Waals surface area contributed by atoms with Crippen molar-refractivity contribution in [1.29, 1.82) is 0 Å². The topological polar surface area (TPSA) is 78.7 Å². The first-order chi connectivity index (χ1) is 10.4. The molecule has 0 unspecified atom stereocenters. The van der Waals surface area contributed by atoms with Crippen LogP contribution in [0.3, 0.4) is 0 Å². The Balaban J connectivity index is 2.37. The zero-order chi connectivity index (χ0) is 16.3. The summed E-state index contributed by atoms with van der Waals surface area (Å²) in [6, 6.07) is 7.86. The predicted octanol–water partition coefficient (Wildman–Crippen LogP) is 3.62. The molecule has 7 heteroatoms. The first kappa shape index (κ1) is 15.4. The Morgan fingerprint density at radius 1 is 1.18 bits per heavy atom. The molecule has 114 valence electrons. The number of esters is 1. The number of benzene rings is 2. The van der Waals surface area contributed by atoms with E-state index in [2.05, 4.69) is 4.74 Å². The van der Waals surface area contributed by atoms with Crippen LogP contribution in [0.5, 0.6) is 11.5 Å². The van der Waals surface area contributed by atoms with Crippen molar-refractivity contribution in [3.63, 3.8) is 0 Å². The van der Waals surface area contributed by atoms with Gasteiger partial charge >= 0.3 is 5.97 Å². The van der Waals surface area contributed by atoms with Gasteiger partial charge in [0.15, 0.2) is 0 Å². The quantitative estimate of drug-likeness (QED) is 0.489. The van der Waals surface area contributed by atoms with E-state index in [4.69, 9.17) is 4.74 Å². The molecule has 2 aromatic rings. The van der Waals surface area contributed by atoms with Crippen LogP contribution in [0.25, 0.3) is 0 Å². The van der Waals surface area contributed by atoms with Crippen LogP contribution in [-0.4, -0.2) is 18.0 Å². The van der Waals surface area contributed by atoms with Crippen molar-refractivity contribution in [2.24, 2.45) is 0 Å². The van der Waals surface area contributed by atoms with Gasteiger partial charge in [0.1, 0.15) is 22.9 Å². The summed E-state index contributed by atoms with van der Waals surface area (Å²) in [4.78, 5) is 21.8. The molecular formula is C15H12FNO5. The van der Waals surface area contributed by atoms with Gasteiger partial charge < -0.3 is 9.47 Å². The summed E-state index contributed by atoms with van der Waals surface area (Å²) in [6.07, 6.45) is 0. The van der Waals surface area contributed by atoms with Crippen LogP contribution < -0.4 is 4.74 Å². The number of ether oxygens (including phenoxy) is 2. The van der Waals surface area contributed by atoms with E-state index in [-0.39, 0.29) is 22.8 Å². The van der Waals surface area contributed by atoms with Gasteiger partial charge in [0.05, 0.1) is 12.0 Å². The Kier molecular flexibility index (Phi) is 4.36. The molecule has 2 aromatic carbocycles. The molecule has 0 amide bonds. The first-order valence-corrected chi connectivity index (χ1v) is 6.23. The third-order valence-electron chi connectivity index (χ3n) is 2.94. The number of carbonyl (C=O) groups is 1. The van der Waals surface area contributed by atoms with Gasteiger partial charge in [-0.15, -0.1) is 0 Å². The number of hydrogen-bond donors (Lipinski definition) is 0. The highest BCUT2D eigenvalue weighted by molar-refractivity contribution is 5.94. The van der Waals surface area contributed by atoms with Crippen LogP contribution in [0.2, 0.25) is 0 Å². The maximum Gasteiger partial charge on any atom is 0.345 e. The van der Waals surface area contributed by atoms with E-state index in [1.54, 1.807) is 6.92 Å². The van der Waals surface area contributed by atoms with Gasteiger partial charge in [-0.25, -0.2) is 9.18 Å². The Labute approximate surface area is 125 Å². The Bertz CT molecular complexity index is 745. The number of methoxy groups -OCH3 is 1. The van der Waals surface area contributed by atoms with Crippen LogP contribution >= 0.6 is 0 Å². The molecule has 6 nitrogen and oxygen atoms in total. The molecule has 0 N–H and O–H groups in total. The lowest BCUT2D eigenvalue weighted by Gasteiger charge is -2.08. The number of nitro benzene ring substituents is 1. The van der Waals surface area contributed by atoms with E-state index in [0.29, 0.717) is 11.3 Å². The minimum atomic E-state index is -0.840. The zero-order valence-electron chi connectivity index (χ0n) is 11.8. The van der Waals surface area contributed by atoms with Crippen LogP contribution in [0.4, 0.5) is 10.1 Å². The molecule has 0 saturated heterocycles. The van der Waals surface area contributed by atoms with Crippen molar-refractivity contribution >= 4 is 11.7 Å². The lowest BCUT2D eigenvalue weighted by molar-refractivity contribution is -0.385. The second kappa shape index (κ2) is 6.21. The zero-order valence-corrected chi connectivity index (χ0v) is 11.8. The molecule has 0 saturated carbocycles. The van der Waals surface area contributed by atoms with Crippen LogP contribution in [-0.2, 0) is 4.74 Å². The Hall–Kier alpha value is -2.96. The van der Waals surface area contributed by atoms with Gasteiger partial charge in [-0.3, -0.25) is 10.1 Å². The number of halogens is 1. The van der Waals surface area contributed by atoms with E-state index in [0.717, 1.165) is 13.2 Å². The van der Waals surface area contributed by atoms with Crippen molar-refractivity contribution in [3.8, 4) is 11.5 Å². The molecule has 0 heterocycles. The molecule has 22 heavy (non-hydrogen) atoms. The minimum Gasteiger partial charge on any atom is -0.465 e. The second-order valence-corrected chi connectivity index (χ2v) is 4.44. The van der Waals surface area contributed by atoms with E-state index in [1.165, 1.54) is 30.3 Å².